The fraction of sp³-hybridized carbons (Fsp3) is 0.360. The van der Waals surface area contributed by atoms with Gasteiger partial charge < -0.3 is 9.47 Å². The molecule has 30 heavy (non-hydrogen) atoms. The van der Waals surface area contributed by atoms with E-state index in [2.05, 4.69) is 30.1 Å². The molecule has 2 aliphatic heterocycles. The van der Waals surface area contributed by atoms with Crippen molar-refractivity contribution in [1.82, 2.24) is 9.88 Å². The van der Waals surface area contributed by atoms with Crippen LogP contribution in [0, 0.1) is 0 Å². The van der Waals surface area contributed by atoms with Gasteiger partial charge in [-0.25, -0.2) is 0 Å². The lowest BCUT2D eigenvalue weighted by molar-refractivity contribution is -0.00956. The zero-order valence-electron chi connectivity index (χ0n) is 17.3. The second-order valence-electron chi connectivity index (χ2n) is 8.07. The van der Waals surface area contributed by atoms with Crippen LogP contribution >= 0.6 is 0 Å². The number of hydrogen-bond acceptors (Lipinski definition) is 4. The second kappa shape index (κ2) is 8.07. The molecule has 3 aromatic rings. The molecule has 2 aliphatic rings. The number of aromatic nitrogens is 1. The number of pyridine rings is 1. The molecular formula is C25H26N2O3. The molecule has 154 valence electrons. The van der Waals surface area contributed by atoms with Gasteiger partial charge >= 0.3 is 0 Å². The molecule has 5 rings (SSSR count). The molecule has 1 atom stereocenters. The molecule has 0 unspecified atom stereocenters. The van der Waals surface area contributed by atoms with E-state index in [0.717, 1.165) is 59.9 Å². The number of amides is 1. The van der Waals surface area contributed by atoms with E-state index in [0.29, 0.717) is 17.9 Å². The molecule has 1 saturated heterocycles. The third kappa shape index (κ3) is 3.43. The molecule has 0 radical (unpaired) electrons. The molecule has 2 aromatic carbocycles. The maximum Gasteiger partial charge on any atom is 0.260 e. The molecule has 0 bridgehead atoms. The largest absolute Gasteiger partial charge is 0.472 e. The molecule has 5 heteroatoms. The second-order valence-corrected chi connectivity index (χ2v) is 8.07. The summed E-state index contributed by atoms with van der Waals surface area (Å²) in [6.07, 6.45) is 5.53. The molecule has 0 N–H and O–H groups in total. The molecule has 5 nitrogen and oxygen atoms in total. The van der Waals surface area contributed by atoms with E-state index in [9.17, 15) is 4.79 Å². The minimum Gasteiger partial charge on any atom is -0.472 e. The summed E-state index contributed by atoms with van der Waals surface area (Å²) in [6.45, 7) is 3.75. The number of ether oxygens (including phenoxy) is 2. The number of hydrogen-bond donors (Lipinski definition) is 0. The third-order valence-corrected chi connectivity index (χ3v) is 6.14. The Kier molecular flexibility index (Phi) is 5.13. The summed E-state index contributed by atoms with van der Waals surface area (Å²) in [5, 5.41) is 2.12. The maximum absolute atomic E-state index is 13.4. The van der Waals surface area contributed by atoms with E-state index >= 15 is 0 Å². The number of carbonyl (C=O) groups is 1. The zero-order valence-corrected chi connectivity index (χ0v) is 17.3. The number of aryl methyl sites for hydroxylation is 1. The normalized spacial score (nSPS) is 18.9. The summed E-state index contributed by atoms with van der Waals surface area (Å²) < 4.78 is 11.8. The number of fused-ring (bicyclic) bond motifs is 3. The van der Waals surface area contributed by atoms with E-state index in [1.165, 1.54) is 0 Å². The summed E-state index contributed by atoms with van der Waals surface area (Å²) in [4.78, 5) is 19.8. The van der Waals surface area contributed by atoms with Gasteiger partial charge in [0.1, 0.15) is 5.75 Å². The van der Waals surface area contributed by atoms with Crippen LogP contribution in [0.25, 0.3) is 10.8 Å². The summed E-state index contributed by atoms with van der Waals surface area (Å²) in [6, 6.07) is 14.5. The summed E-state index contributed by atoms with van der Waals surface area (Å²) in [5.41, 5.74) is 4.00. The van der Waals surface area contributed by atoms with Crippen molar-refractivity contribution < 1.29 is 14.3 Å². The lowest BCUT2D eigenvalue weighted by Crippen LogP contribution is -2.49. The van der Waals surface area contributed by atoms with Crippen molar-refractivity contribution in [3.05, 3.63) is 71.0 Å². The molecule has 3 heterocycles. The first kappa shape index (κ1) is 19.1. The van der Waals surface area contributed by atoms with Crippen LogP contribution in [0.5, 0.6) is 5.75 Å². The quantitative estimate of drug-likeness (QED) is 0.651. The SMILES string of the molecule is CCc1ccc(Cc2cc3c(c4ccccc24)OCN([C@@H]2CCCOC2)C3=O)cn1. The van der Waals surface area contributed by atoms with Gasteiger partial charge in [0.2, 0.25) is 0 Å². The van der Waals surface area contributed by atoms with Crippen LogP contribution in [0.2, 0.25) is 0 Å². The minimum absolute atomic E-state index is 0.0400. The van der Waals surface area contributed by atoms with Gasteiger partial charge in [0.15, 0.2) is 6.73 Å². The molecule has 0 saturated carbocycles. The third-order valence-electron chi connectivity index (χ3n) is 6.14. The van der Waals surface area contributed by atoms with Crippen LogP contribution in [0.15, 0.2) is 48.7 Å². The van der Waals surface area contributed by atoms with Crippen LogP contribution in [0.1, 0.15) is 46.9 Å². The van der Waals surface area contributed by atoms with Gasteiger partial charge in [0.05, 0.1) is 18.2 Å². The van der Waals surface area contributed by atoms with Crippen molar-refractivity contribution in [2.45, 2.75) is 38.6 Å². The molecular weight excluding hydrogens is 376 g/mol. The molecule has 0 spiro atoms. The molecule has 0 aliphatic carbocycles. The zero-order chi connectivity index (χ0) is 20.5. The predicted molar refractivity (Wildman–Crippen MR) is 116 cm³/mol. The Morgan fingerprint density at radius 1 is 1.17 bits per heavy atom. The number of benzene rings is 2. The highest BCUT2D eigenvalue weighted by atomic mass is 16.5. The lowest BCUT2D eigenvalue weighted by Gasteiger charge is -2.37. The summed E-state index contributed by atoms with van der Waals surface area (Å²) in [7, 11) is 0. The van der Waals surface area contributed by atoms with Crippen molar-refractivity contribution >= 4 is 16.7 Å². The van der Waals surface area contributed by atoms with Gasteiger partial charge in [-0.05, 0) is 54.3 Å². The fourth-order valence-corrected chi connectivity index (χ4v) is 4.46. The van der Waals surface area contributed by atoms with E-state index < -0.39 is 0 Å². The average Bonchev–Trinajstić information content (AvgIpc) is 2.81. The Morgan fingerprint density at radius 3 is 2.77 bits per heavy atom. The van der Waals surface area contributed by atoms with Crippen LogP contribution < -0.4 is 4.74 Å². The van der Waals surface area contributed by atoms with E-state index in [1.807, 2.05) is 35.4 Å². The average molecular weight is 402 g/mol. The first-order chi connectivity index (χ1) is 14.7. The van der Waals surface area contributed by atoms with E-state index in [1.54, 1.807) is 0 Å². The van der Waals surface area contributed by atoms with Crippen molar-refractivity contribution in [1.29, 1.82) is 0 Å². The van der Waals surface area contributed by atoms with Gasteiger partial charge in [0, 0.05) is 23.9 Å². The number of carbonyl (C=O) groups excluding carboxylic acids is 1. The highest BCUT2D eigenvalue weighted by molar-refractivity contribution is 6.06. The maximum atomic E-state index is 13.4. The Labute approximate surface area is 176 Å². The number of rotatable bonds is 4. The van der Waals surface area contributed by atoms with E-state index in [-0.39, 0.29) is 18.7 Å². The van der Waals surface area contributed by atoms with Crippen molar-refractivity contribution in [3.8, 4) is 5.75 Å². The van der Waals surface area contributed by atoms with Crippen molar-refractivity contribution in [2.75, 3.05) is 19.9 Å². The first-order valence-electron chi connectivity index (χ1n) is 10.7. The van der Waals surface area contributed by atoms with E-state index in [4.69, 9.17) is 9.47 Å². The highest BCUT2D eigenvalue weighted by Crippen LogP contribution is 2.37. The highest BCUT2D eigenvalue weighted by Gasteiger charge is 2.33. The Balaban J connectivity index is 1.54. The topological polar surface area (TPSA) is 51.7 Å². The predicted octanol–water partition coefficient (Wildman–Crippen LogP) is 4.36. The first-order valence-corrected chi connectivity index (χ1v) is 10.7. The Hall–Kier alpha value is -2.92. The molecule has 1 aromatic heterocycles. The van der Waals surface area contributed by atoms with Gasteiger partial charge in [-0.15, -0.1) is 0 Å². The van der Waals surface area contributed by atoms with Gasteiger partial charge in [0.25, 0.3) is 5.91 Å². The van der Waals surface area contributed by atoms with Crippen LogP contribution in [-0.2, 0) is 17.6 Å². The van der Waals surface area contributed by atoms with Crippen molar-refractivity contribution in [2.24, 2.45) is 0 Å². The summed E-state index contributed by atoms with van der Waals surface area (Å²) >= 11 is 0. The molecule has 1 fully saturated rings. The Bertz CT molecular complexity index is 1070. The molecule has 1 amide bonds. The van der Waals surface area contributed by atoms with Crippen molar-refractivity contribution in [3.63, 3.8) is 0 Å². The lowest BCUT2D eigenvalue weighted by atomic mass is 9.94. The van der Waals surface area contributed by atoms with Gasteiger partial charge in [-0.3, -0.25) is 14.7 Å². The monoisotopic (exact) mass is 402 g/mol. The number of nitrogens with zero attached hydrogens (tertiary/aromatic N) is 2. The van der Waals surface area contributed by atoms with Crippen LogP contribution in [-0.4, -0.2) is 41.8 Å². The van der Waals surface area contributed by atoms with Crippen LogP contribution in [0.4, 0.5) is 0 Å². The smallest absolute Gasteiger partial charge is 0.260 e. The minimum atomic E-state index is 0.0400. The summed E-state index contributed by atoms with van der Waals surface area (Å²) in [5.74, 6) is 0.741. The van der Waals surface area contributed by atoms with Gasteiger partial charge in [-0.1, -0.05) is 37.3 Å². The Morgan fingerprint density at radius 2 is 2.03 bits per heavy atom. The van der Waals surface area contributed by atoms with Crippen LogP contribution in [0.3, 0.4) is 0 Å². The van der Waals surface area contributed by atoms with Gasteiger partial charge in [-0.2, -0.15) is 0 Å². The fourth-order valence-electron chi connectivity index (χ4n) is 4.46. The standard InChI is InChI=1S/C25H26N2O3/c1-2-19-10-9-17(14-26-19)12-18-13-23-24(22-8-4-3-7-21(18)22)30-16-27(25(23)28)20-6-5-11-29-15-20/h3-4,7-10,13-14,20H,2,5-6,11-12,15-16H2,1H3/t20-/m1/s1.